The zero-order chi connectivity index (χ0) is 11.4. The highest BCUT2D eigenvalue weighted by molar-refractivity contribution is 7.13. The maximum Gasteiger partial charge on any atom is 0.268 e. The third kappa shape index (κ3) is 2.08. The van der Waals surface area contributed by atoms with Gasteiger partial charge in [-0.1, -0.05) is 30.3 Å². The van der Waals surface area contributed by atoms with Crippen LogP contribution in [0.1, 0.15) is 10.5 Å². The molecule has 0 aliphatic heterocycles. The Labute approximate surface area is 95.0 Å². The van der Waals surface area contributed by atoms with Crippen LogP contribution in [0.3, 0.4) is 0 Å². The molecule has 1 amide bonds. The van der Waals surface area contributed by atoms with E-state index in [2.05, 4.69) is 15.0 Å². The summed E-state index contributed by atoms with van der Waals surface area (Å²) in [5.74, 6) is -0.652. The van der Waals surface area contributed by atoms with Crippen molar-refractivity contribution < 1.29 is 4.79 Å². The van der Waals surface area contributed by atoms with E-state index in [1.807, 2.05) is 30.3 Å². The first kappa shape index (κ1) is 10.4. The topological polar surface area (TPSA) is 78.7 Å². The van der Waals surface area contributed by atoms with Crippen LogP contribution in [-0.4, -0.2) is 10.9 Å². The monoisotopic (exact) mass is 230 g/mol. The van der Waals surface area contributed by atoms with Gasteiger partial charge >= 0.3 is 0 Å². The molecule has 1 heterocycles. The summed E-state index contributed by atoms with van der Waals surface area (Å²) < 4.78 is 0. The smallest absolute Gasteiger partial charge is 0.268 e. The van der Waals surface area contributed by atoms with Crippen LogP contribution in [0.15, 0.2) is 40.8 Å². The Morgan fingerprint density at radius 1 is 1.38 bits per heavy atom. The SMILES string of the molecule is [N-]=[N+]=NC(=O)c1csc(-c2ccccc2)n1. The molecule has 5 nitrogen and oxygen atoms in total. The summed E-state index contributed by atoms with van der Waals surface area (Å²) in [5, 5.41) is 5.30. The van der Waals surface area contributed by atoms with Crippen molar-refractivity contribution in [3.63, 3.8) is 0 Å². The Balaban J connectivity index is 2.33. The molecule has 1 aromatic carbocycles. The van der Waals surface area contributed by atoms with E-state index < -0.39 is 5.91 Å². The van der Waals surface area contributed by atoms with E-state index in [0.717, 1.165) is 10.6 Å². The van der Waals surface area contributed by atoms with Crippen molar-refractivity contribution in [3.8, 4) is 10.6 Å². The van der Waals surface area contributed by atoms with E-state index in [1.165, 1.54) is 11.3 Å². The first-order valence-electron chi connectivity index (χ1n) is 4.41. The zero-order valence-corrected chi connectivity index (χ0v) is 8.89. The molecule has 16 heavy (non-hydrogen) atoms. The number of thiazole rings is 1. The van der Waals surface area contributed by atoms with E-state index in [-0.39, 0.29) is 5.69 Å². The van der Waals surface area contributed by atoms with Gasteiger partial charge in [-0.2, -0.15) is 0 Å². The Bertz CT molecular complexity index is 557. The lowest BCUT2D eigenvalue weighted by Crippen LogP contribution is -1.92. The molecule has 0 saturated carbocycles. The van der Waals surface area contributed by atoms with Gasteiger partial charge in [0.15, 0.2) is 0 Å². The predicted octanol–water partition coefficient (Wildman–Crippen LogP) is 3.26. The second-order valence-electron chi connectivity index (χ2n) is 2.90. The van der Waals surface area contributed by atoms with Gasteiger partial charge in [0.05, 0.1) is 0 Å². The average Bonchev–Trinajstić information content (AvgIpc) is 2.80. The number of benzene rings is 1. The van der Waals surface area contributed by atoms with Crippen molar-refractivity contribution in [1.82, 2.24) is 4.98 Å². The molecule has 2 rings (SSSR count). The summed E-state index contributed by atoms with van der Waals surface area (Å²) in [6, 6.07) is 9.50. The van der Waals surface area contributed by atoms with Crippen LogP contribution in [0.5, 0.6) is 0 Å². The van der Waals surface area contributed by atoms with E-state index >= 15 is 0 Å². The number of carbonyl (C=O) groups is 1. The van der Waals surface area contributed by atoms with E-state index in [4.69, 9.17) is 5.53 Å². The molecule has 0 fully saturated rings. The molecule has 0 radical (unpaired) electrons. The number of carbonyl (C=O) groups excluding carboxylic acids is 1. The third-order valence-electron chi connectivity index (χ3n) is 1.88. The van der Waals surface area contributed by atoms with Gasteiger partial charge in [-0.05, 0) is 10.6 Å². The number of nitrogens with zero attached hydrogens (tertiary/aromatic N) is 4. The maximum absolute atomic E-state index is 11.2. The molecule has 0 N–H and O–H groups in total. The summed E-state index contributed by atoms with van der Waals surface area (Å²) >= 11 is 1.34. The van der Waals surface area contributed by atoms with E-state index in [1.54, 1.807) is 5.38 Å². The number of hydrogen-bond acceptors (Lipinski definition) is 3. The minimum atomic E-state index is -0.652. The maximum atomic E-state index is 11.2. The molecule has 0 saturated heterocycles. The molecular formula is C10H6N4OS. The summed E-state index contributed by atoms with van der Waals surface area (Å²) in [5.41, 5.74) is 9.25. The zero-order valence-electron chi connectivity index (χ0n) is 8.07. The van der Waals surface area contributed by atoms with Crippen molar-refractivity contribution in [1.29, 1.82) is 0 Å². The third-order valence-corrected chi connectivity index (χ3v) is 2.77. The van der Waals surface area contributed by atoms with Gasteiger partial charge < -0.3 is 0 Å². The fraction of sp³-hybridized carbons (Fsp3) is 0. The number of hydrogen-bond donors (Lipinski definition) is 0. The van der Waals surface area contributed by atoms with Crippen LogP contribution in [0.4, 0.5) is 0 Å². The van der Waals surface area contributed by atoms with Crippen molar-refractivity contribution in [3.05, 3.63) is 51.8 Å². The van der Waals surface area contributed by atoms with Crippen molar-refractivity contribution in [2.45, 2.75) is 0 Å². The molecular weight excluding hydrogens is 224 g/mol. The summed E-state index contributed by atoms with van der Waals surface area (Å²) in [7, 11) is 0. The van der Waals surface area contributed by atoms with Gasteiger partial charge in [-0.15, -0.1) is 11.3 Å². The van der Waals surface area contributed by atoms with Crippen molar-refractivity contribution in [2.75, 3.05) is 0 Å². The molecule has 0 bridgehead atoms. The number of azide groups is 1. The highest BCUT2D eigenvalue weighted by Crippen LogP contribution is 2.23. The molecule has 1 aromatic heterocycles. The van der Waals surface area contributed by atoms with Gasteiger partial charge in [0, 0.05) is 15.9 Å². The Morgan fingerprint density at radius 2 is 2.12 bits per heavy atom. The molecule has 2 aromatic rings. The lowest BCUT2D eigenvalue weighted by Gasteiger charge is -1.92. The van der Waals surface area contributed by atoms with Gasteiger partial charge in [0.1, 0.15) is 10.7 Å². The second-order valence-corrected chi connectivity index (χ2v) is 3.76. The summed E-state index contributed by atoms with van der Waals surface area (Å²) in [6.45, 7) is 0. The van der Waals surface area contributed by atoms with Crippen LogP contribution in [0.25, 0.3) is 21.0 Å². The Kier molecular flexibility index (Phi) is 2.95. The molecule has 6 heteroatoms. The molecule has 0 aliphatic carbocycles. The van der Waals surface area contributed by atoms with Gasteiger partial charge in [0.25, 0.3) is 5.91 Å². The Hall–Kier alpha value is -2.17. The summed E-state index contributed by atoms with van der Waals surface area (Å²) in [6.07, 6.45) is 0. The standard InChI is InChI=1S/C10H6N4OS/c11-14-13-9(15)8-6-16-10(12-8)7-4-2-1-3-5-7/h1-6H. The van der Waals surface area contributed by atoms with Crippen molar-refractivity contribution in [2.24, 2.45) is 5.11 Å². The fourth-order valence-corrected chi connectivity index (χ4v) is 1.98. The average molecular weight is 230 g/mol. The molecule has 0 atom stereocenters. The van der Waals surface area contributed by atoms with Gasteiger partial charge in [-0.25, -0.2) is 4.98 Å². The normalized spacial score (nSPS) is 9.50. The predicted molar refractivity (Wildman–Crippen MR) is 61.0 cm³/mol. The first-order valence-corrected chi connectivity index (χ1v) is 5.29. The van der Waals surface area contributed by atoms with Crippen LogP contribution in [0, 0.1) is 0 Å². The van der Waals surface area contributed by atoms with Crippen molar-refractivity contribution >= 4 is 17.2 Å². The van der Waals surface area contributed by atoms with Crippen LogP contribution in [-0.2, 0) is 0 Å². The fourth-order valence-electron chi connectivity index (χ4n) is 1.18. The molecule has 0 aliphatic rings. The molecule has 78 valence electrons. The van der Waals surface area contributed by atoms with Crippen LogP contribution >= 0.6 is 11.3 Å². The minimum Gasteiger partial charge on any atom is -0.285 e. The molecule has 0 unspecified atom stereocenters. The van der Waals surface area contributed by atoms with Crippen LogP contribution in [0.2, 0.25) is 0 Å². The number of amides is 1. The van der Waals surface area contributed by atoms with E-state index in [9.17, 15) is 4.79 Å². The quantitative estimate of drug-likeness (QED) is 0.451. The minimum absolute atomic E-state index is 0.182. The Morgan fingerprint density at radius 3 is 2.81 bits per heavy atom. The van der Waals surface area contributed by atoms with Crippen LogP contribution < -0.4 is 0 Å². The highest BCUT2D eigenvalue weighted by atomic mass is 32.1. The largest absolute Gasteiger partial charge is 0.285 e. The number of rotatable bonds is 2. The number of aromatic nitrogens is 1. The second kappa shape index (κ2) is 4.57. The lowest BCUT2D eigenvalue weighted by atomic mass is 10.2. The van der Waals surface area contributed by atoms with Gasteiger partial charge in [-0.3, -0.25) is 4.79 Å². The first-order chi connectivity index (χ1) is 7.81. The highest BCUT2D eigenvalue weighted by Gasteiger charge is 2.09. The van der Waals surface area contributed by atoms with E-state index in [0.29, 0.717) is 0 Å². The van der Waals surface area contributed by atoms with Gasteiger partial charge in [0.2, 0.25) is 0 Å². The lowest BCUT2D eigenvalue weighted by molar-refractivity contribution is 0.0996. The summed E-state index contributed by atoms with van der Waals surface area (Å²) in [4.78, 5) is 17.8. The molecule has 0 spiro atoms.